The van der Waals surface area contributed by atoms with Crippen LogP contribution >= 0.6 is 0 Å². The standard InChI is InChI=1S/C42H48N6O5/c1-27-22-48(28(2)26-49)41(51)21-31-19-33(44-40(50)20-32-24-47(4)37-12-8-5-9-34(32)37)17-18-38(31)53-39(27)25-46(3)23-29-13-15-30(16-14-29)42(52)45-36-11-7-6-10-35(36)43/h5-19,24,27-28,39,49H,20-23,25-26,43H2,1-4H3,(H,44,50)(H,45,52)/t27-,28-,39+/m0/s1. The average molecular weight is 717 g/mol. The van der Waals surface area contributed by atoms with E-state index in [9.17, 15) is 19.5 Å². The molecule has 1 aliphatic rings. The maximum Gasteiger partial charge on any atom is 0.255 e. The van der Waals surface area contributed by atoms with Crippen molar-refractivity contribution in [2.24, 2.45) is 13.0 Å². The number of rotatable bonds is 11. The molecule has 1 aromatic heterocycles. The largest absolute Gasteiger partial charge is 0.488 e. The average Bonchev–Trinajstić information content (AvgIpc) is 3.47. The van der Waals surface area contributed by atoms with Gasteiger partial charge in [0.05, 0.1) is 36.9 Å². The minimum Gasteiger partial charge on any atom is -0.488 e. The third kappa shape index (κ3) is 8.88. The highest BCUT2D eigenvalue weighted by Gasteiger charge is 2.31. The molecule has 3 atom stereocenters. The van der Waals surface area contributed by atoms with Crippen molar-refractivity contribution in [2.75, 3.05) is 43.1 Å². The topological polar surface area (TPSA) is 142 Å². The lowest BCUT2D eigenvalue weighted by Gasteiger charge is -2.34. The fourth-order valence-electron chi connectivity index (χ4n) is 6.92. The summed E-state index contributed by atoms with van der Waals surface area (Å²) in [5, 5.41) is 17.0. The van der Waals surface area contributed by atoms with Gasteiger partial charge in [0, 0.05) is 66.5 Å². The first-order chi connectivity index (χ1) is 25.5. The van der Waals surface area contributed by atoms with Gasteiger partial charge in [-0.3, -0.25) is 19.3 Å². The minimum absolute atomic E-state index is 0.0682. The van der Waals surface area contributed by atoms with Gasteiger partial charge in [-0.1, -0.05) is 49.4 Å². The third-order valence-electron chi connectivity index (χ3n) is 9.90. The lowest BCUT2D eigenvalue weighted by molar-refractivity contribution is -0.134. The number of aryl methyl sites for hydroxylation is 1. The van der Waals surface area contributed by atoms with Crippen molar-refractivity contribution in [3.05, 3.63) is 119 Å². The van der Waals surface area contributed by atoms with Gasteiger partial charge >= 0.3 is 0 Å². The van der Waals surface area contributed by atoms with Crippen molar-refractivity contribution in [1.82, 2.24) is 14.4 Å². The van der Waals surface area contributed by atoms with Crippen LogP contribution in [0.5, 0.6) is 5.75 Å². The summed E-state index contributed by atoms with van der Waals surface area (Å²) in [7, 11) is 3.98. The summed E-state index contributed by atoms with van der Waals surface area (Å²) in [6, 6.07) is 27.7. The second-order valence-electron chi connectivity index (χ2n) is 14.2. The number of nitrogens with zero attached hydrogens (tertiary/aromatic N) is 3. The Bertz CT molecular complexity index is 2090. The van der Waals surface area contributed by atoms with E-state index in [1.807, 2.05) is 98.5 Å². The van der Waals surface area contributed by atoms with Gasteiger partial charge in [0.15, 0.2) is 0 Å². The zero-order valence-corrected chi connectivity index (χ0v) is 30.7. The quantitative estimate of drug-likeness (QED) is 0.133. The molecule has 5 N–H and O–H groups in total. The van der Waals surface area contributed by atoms with Crippen LogP contribution in [0.25, 0.3) is 10.9 Å². The minimum atomic E-state index is -0.373. The summed E-state index contributed by atoms with van der Waals surface area (Å²) < 4.78 is 8.73. The molecule has 53 heavy (non-hydrogen) atoms. The number of fused-ring (bicyclic) bond motifs is 2. The van der Waals surface area contributed by atoms with E-state index in [1.54, 1.807) is 29.2 Å². The summed E-state index contributed by atoms with van der Waals surface area (Å²) in [5.41, 5.74) is 11.9. The molecule has 11 nitrogen and oxygen atoms in total. The normalized spacial score (nSPS) is 16.6. The van der Waals surface area contributed by atoms with E-state index in [-0.39, 0.29) is 55.2 Å². The van der Waals surface area contributed by atoms with Crippen molar-refractivity contribution in [3.63, 3.8) is 0 Å². The number of ether oxygens (including phenoxy) is 1. The first-order valence-corrected chi connectivity index (χ1v) is 17.9. The van der Waals surface area contributed by atoms with E-state index in [0.717, 1.165) is 22.0 Å². The fraction of sp³-hybridized carbons (Fsp3) is 0.310. The summed E-state index contributed by atoms with van der Waals surface area (Å²) in [6.45, 7) is 5.31. The Balaban J connectivity index is 1.16. The van der Waals surface area contributed by atoms with E-state index in [0.29, 0.717) is 53.6 Å². The van der Waals surface area contributed by atoms with E-state index in [2.05, 4.69) is 22.5 Å². The molecule has 0 aliphatic carbocycles. The molecule has 0 radical (unpaired) electrons. The van der Waals surface area contributed by atoms with Crippen LogP contribution in [0.3, 0.4) is 0 Å². The highest BCUT2D eigenvalue weighted by molar-refractivity contribution is 6.05. The van der Waals surface area contributed by atoms with E-state index in [4.69, 9.17) is 10.5 Å². The van der Waals surface area contributed by atoms with Gasteiger partial charge in [-0.05, 0) is 73.6 Å². The SMILES string of the molecule is C[C@H]1CN([C@@H](C)CO)C(=O)Cc2cc(NC(=O)Cc3cn(C)c4ccccc34)ccc2O[C@@H]1CN(C)Cc1ccc(C(=O)Nc2ccccc2N)cc1. The highest BCUT2D eigenvalue weighted by atomic mass is 16.5. The van der Waals surface area contributed by atoms with Crippen molar-refractivity contribution in [2.45, 2.75) is 45.4 Å². The van der Waals surface area contributed by atoms with Crippen molar-refractivity contribution in [1.29, 1.82) is 0 Å². The lowest BCUT2D eigenvalue weighted by Crippen LogP contribution is -2.47. The van der Waals surface area contributed by atoms with Gasteiger partial charge in [-0.25, -0.2) is 0 Å². The Morgan fingerprint density at radius 1 is 1.02 bits per heavy atom. The van der Waals surface area contributed by atoms with Crippen LogP contribution in [0.15, 0.2) is 97.2 Å². The van der Waals surface area contributed by atoms with E-state index in [1.165, 1.54) is 0 Å². The summed E-state index contributed by atoms with van der Waals surface area (Å²) in [4.78, 5) is 43.7. The second kappa shape index (κ2) is 16.4. The Kier molecular flexibility index (Phi) is 11.5. The summed E-state index contributed by atoms with van der Waals surface area (Å²) >= 11 is 0. The van der Waals surface area contributed by atoms with Crippen LogP contribution < -0.4 is 21.1 Å². The molecule has 2 heterocycles. The Hall–Kier alpha value is -5.65. The van der Waals surface area contributed by atoms with Gasteiger partial charge in [-0.2, -0.15) is 0 Å². The molecule has 11 heteroatoms. The van der Waals surface area contributed by atoms with E-state index >= 15 is 0 Å². The van der Waals surface area contributed by atoms with Crippen LogP contribution in [-0.4, -0.2) is 76.1 Å². The predicted octanol–water partition coefficient (Wildman–Crippen LogP) is 5.48. The summed E-state index contributed by atoms with van der Waals surface area (Å²) in [6.07, 6.45) is 1.96. The van der Waals surface area contributed by atoms with Crippen LogP contribution in [0.4, 0.5) is 17.1 Å². The number of aliphatic hydroxyl groups excluding tert-OH is 1. The molecule has 0 bridgehead atoms. The molecule has 276 valence electrons. The highest BCUT2D eigenvalue weighted by Crippen LogP contribution is 2.30. The number of likely N-dealkylation sites (N-methyl/N-ethyl adjacent to an activating group) is 1. The third-order valence-corrected chi connectivity index (χ3v) is 9.90. The molecular weight excluding hydrogens is 668 g/mol. The van der Waals surface area contributed by atoms with Crippen LogP contribution in [-0.2, 0) is 36.0 Å². The number of carbonyl (C=O) groups excluding carboxylic acids is 3. The fourth-order valence-corrected chi connectivity index (χ4v) is 6.92. The van der Waals surface area contributed by atoms with Gasteiger partial charge in [-0.15, -0.1) is 0 Å². The lowest BCUT2D eigenvalue weighted by atomic mass is 10.0. The molecule has 0 saturated carbocycles. The number of aromatic nitrogens is 1. The van der Waals surface area contributed by atoms with Gasteiger partial charge < -0.3 is 35.7 Å². The molecule has 0 saturated heterocycles. The van der Waals surface area contributed by atoms with Crippen molar-refractivity contribution >= 4 is 45.7 Å². The smallest absolute Gasteiger partial charge is 0.255 e. The van der Waals surface area contributed by atoms with Gasteiger partial charge in [0.2, 0.25) is 11.8 Å². The molecule has 3 amide bonds. The number of aliphatic hydroxyl groups is 1. The van der Waals surface area contributed by atoms with Crippen molar-refractivity contribution in [3.8, 4) is 5.75 Å². The molecule has 6 rings (SSSR count). The van der Waals surface area contributed by atoms with Crippen LogP contribution in [0.1, 0.15) is 40.9 Å². The molecule has 1 aliphatic heterocycles. The first-order valence-electron chi connectivity index (χ1n) is 17.9. The number of hydrogen-bond donors (Lipinski definition) is 4. The Morgan fingerprint density at radius 3 is 2.51 bits per heavy atom. The van der Waals surface area contributed by atoms with Crippen molar-refractivity contribution < 1.29 is 24.2 Å². The van der Waals surface area contributed by atoms with Crippen LogP contribution in [0.2, 0.25) is 0 Å². The number of anilines is 3. The number of amides is 3. The Labute approximate surface area is 310 Å². The maximum atomic E-state index is 13.7. The number of nitrogen functional groups attached to an aromatic ring is 1. The maximum absolute atomic E-state index is 13.7. The zero-order valence-electron chi connectivity index (χ0n) is 30.7. The second-order valence-corrected chi connectivity index (χ2v) is 14.2. The summed E-state index contributed by atoms with van der Waals surface area (Å²) in [5.74, 6) is 0.00454. The van der Waals surface area contributed by atoms with Gasteiger partial charge in [0.1, 0.15) is 11.9 Å². The molecule has 0 fully saturated rings. The number of benzene rings is 4. The Morgan fingerprint density at radius 2 is 1.75 bits per heavy atom. The molecular formula is C42H48N6O5. The molecule has 0 unspecified atom stereocenters. The number of hydrogen-bond acceptors (Lipinski definition) is 7. The molecule has 0 spiro atoms. The number of nitrogens with two attached hydrogens (primary N) is 1. The number of nitrogens with one attached hydrogen (secondary N) is 2. The number of carbonyl (C=O) groups is 3. The predicted molar refractivity (Wildman–Crippen MR) is 209 cm³/mol. The van der Waals surface area contributed by atoms with Crippen LogP contribution in [0, 0.1) is 5.92 Å². The number of para-hydroxylation sites is 3. The van der Waals surface area contributed by atoms with E-state index < -0.39 is 0 Å². The first kappa shape index (κ1) is 37.1. The molecule has 5 aromatic rings. The molecule has 4 aromatic carbocycles. The van der Waals surface area contributed by atoms with Gasteiger partial charge in [0.25, 0.3) is 5.91 Å². The monoisotopic (exact) mass is 716 g/mol. The zero-order chi connectivity index (χ0) is 37.6.